The molecule has 2 aliphatic heterocycles. The number of rotatable bonds is 3. The average Bonchev–Trinajstić information content (AvgIpc) is 3.02. The van der Waals surface area contributed by atoms with Crippen molar-refractivity contribution in [1.29, 1.82) is 0 Å². The summed E-state index contributed by atoms with van der Waals surface area (Å²) >= 11 is 0. The lowest BCUT2D eigenvalue weighted by molar-refractivity contribution is 1.25. The van der Waals surface area contributed by atoms with E-state index in [1.54, 1.807) is 0 Å². The smallest absolute Gasteiger partial charge is 0.252 e. The van der Waals surface area contributed by atoms with Gasteiger partial charge in [0.15, 0.2) is 0 Å². The zero-order valence-corrected chi connectivity index (χ0v) is 21.3. The molecule has 0 amide bonds. The van der Waals surface area contributed by atoms with E-state index in [0.717, 1.165) is 16.9 Å². The van der Waals surface area contributed by atoms with E-state index in [-0.39, 0.29) is 6.71 Å². The van der Waals surface area contributed by atoms with E-state index in [0.29, 0.717) is 0 Å². The minimum atomic E-state index is 0.125. The molecule has 3 heterocycles. The van der Waals surface area contributed by atoms with Crippen LogP contribution in [0.5, 0.6) is 0 Å². The van der Waals surface area contributed by atoms with Gasteiger partial charge in [0, 0.05) is 45.9 Å². The SMILES string of the molecule is c1ccc(N2c3ccccc3B3c4ccc(-c5ccccn5)cc4N(c4ccccc4)c4cccc2c43)cc1. The van der Waals surface area contributed by atoms with Gasteiger partial charge in [0.2, 0.25) is 0 Å². The van der Waals surface area contributed by atoms with Crippen LogP contribution in [-0.4, -0.2) is 11.7 Å². The van der Waals surface area contributed by atoms with Gasteiger partial charge >= 0.3 is 0 Å². The Morgan fingerprint density at radius 3 is 1.74 bits per heavy atom. The van der Waals surface area contributed by atoms with Crippen molar-refractivity contribution in [3.63, 3.8) is 0 Å². The fourth-order valence-corrected chi connectivity index (χ4v) is 6.29. The van der Waals surface area contributed by atoms with E-state index >= 15 is 0 Å². The molecular weight excluding hydrogens is 473 g/mol. The highest BCUT2D eigenvalue weighted by Gasteiger charge is 2.42. The molecule has 0 spiro atoms. The molecule has 0 bridgehead atoms. The molecule has 4 heteroatoms. The Labute approximate surface area is 228 Å². The first kappa shape index (κ1) is 21.9. The van der Waals surface area contributed by atoms with Gasteiger partial charge in [-0.2, -0.15) is 0 Å². The molecule has 39 heavy (non-hydrogen) atoms. The molecule has 182 valence electrons. The third-order valence-electron chi connectivity index (χ3n) is 7.89. The number of hydrogen-bond acceptors (Lipinski definition) is 3. The number of nitrogens with zero attached hydrogens (tertiary/aromatic N) is 3. The van der Waals surface area contributed by atoms with Gasteiger partial charge in [0.1, 0.15) is 0 Å². The molecular formula is C35H24BN3. The Morgan fingerprint density at radius 2 is 1.05 bits per heavy atom. The summed E-state index contributed by atoms with van der Waals surface area (Å²) in [6, 6.07) is 49.9. The van der Waals surface area contributed by atoms with Crippen LogP contribution in [-0.2, 0) is 0 Å². The molecule has 0 radical (unpaired) electrons. The molecule has 5 aromatic carbocycles. The highest BCUT2D eigenvalue weighted by atomic mass is 15.2. The van der Waals surface area contributed by atoms with Gasteiger partial charge in [-0.1, -0.05) is 78.9 Å². The van der Waals surface area contributed by atoms with Gasteiger partial charge in [-0.05, 0) is 77.1 Å². The molecule has 0 N–H and O–H groups in total. The minimum Gasteiger partial charge on any atom is -0.311 e. The Kier molecular flexibility index (Phi) is 4.92. The number of para-hydroxylation sites is 3. The number of fused-ring (bicyclic) bond motifs is 4. The van der Waals surface area contributed by atoms with E-state index < -0.39 is 0 Å². The lowest BCUT2D eigenvalue weighted by atomic mass is 9.33. The van der Waals surface area contributed by atoms with E-state index in [4.69, 9.17) is 0 Å². The normalized spacial score (nSPS) is 13.0. The highest BCUT2D eigenvalue weighted by Crippen LogP contribution is 2.44. The number of aromatic nitrogens is 1. The minimum absolute atomic E-state index is 0.125. The van der Waals surface area contributed by atoms with Gasteiger partial charge in [0.25, 0.3) is 6.71 Å². The van der Waals surface area contributed by atoms with Crippen molar-refractivity contribution in [2.45, 2.75) is 0 Å². The van der Waals surface area contributed by atoms with Crippen LogP contribution in [0.1, 0.15) is 0 Å². The molecule has 0 fully saturated rings. The van der Waals surface area contributed by atoms with Crippen LogP contribution >= 0.6 is 0 Å². The Balaban J connectivity index is 1.44. The fraction of sp³-hybridized carbons (Fsp3) is 0. The van der Waals surface area contributed by atoms with Crippen molar-refractivity contribution < 1.29 is 0 Å². The number of pyridine rings is 1. The first-order chi connectivity index (χ1) is 19.4. The predicted molar refractivity (Wildman–Crippen MR) is 164 cm³/mol. The first-order valence-electron chi connectivity index (χ1n) is 13.4. The Hall–Kier alpha value is -5.09. The summed E-state index contributed by atoms with van der Waals surface area (Å²) in [6.07, 6.45) is 1.86. The maximum atomic E-state index is 4.66. The Bertz CT molecular complexity index is 1820. The monoisotopic (exact) mass is 497 g/mol. The predicted octanol–water partition coefficient (Wildman–Crippen LogP) is 6.83. The second kappa shape index (κ2) is 8.75. The van der Waals surface area contributed by atoms with Crippen LogP contribution in [0, 0.1) is 0 Å². The van der Waals surface area contributed by atoms with Crippen molar-refractivity contribution in [2.24, 2.45) is 0 Å². The number of hydrogen-bond donors (Lipinski definition) is 0. The van der Waals surface area contributed by atoms with Crippen LogP contribution in [0.4, 0.5) is 34.1 Å². The lowest BCUT2D eigenvalue weighted by Crippen LogP contribution is -2.61. The molecule has 1 aromatic heterocycles. The quantitative estimate of drug-likeness (QED) is 0.250. The number of anilines is 6. The summed E-state index contributed by atoms with van der Waals surface area (Å²) in [5.41, 5.74) is 13.2. The second-order valence-electron chi connectivity index (χ2n) is 10.0. The van der Waals surface area contributed by atoms with Crippen molar-refractivity contribution in [3.8, 4) is 11.3 Å². The molecule has 0 unspecified atom stereocenters. The molecule has 3 nitrogen and oxygen atoms in total. The molecule has 0 atom stereocenters. The molecule has 2 aliphatic rings. The van der Waals surface area contributed by atoms with Crippen molar-refractivity contribution >= 4 is 57.2 Å². The van der Waals surface area contributed by atoms with Crippen LogP contribution in [0.2, 0.25) is 0 Å². The fourth-order valence-electron chi connectivity index (χ4n) is 6.29. The van der Waals surface area contributed by atoms with Gasteiger partial charge in [-0.25, -0.2) is 0 Å². The summed E-state index contributed by atoms with van der Waals surface area (Å²) in [5.74, 6) is 0. The van der Waals surface area contributed by atoms with Crippen LogP contribution in [0.15, 0.2) is 146 Å². The second-order valence-corrected chi connectivity index (χ2v) is 10.0. The zero-order chi connectivity index (χ0) is 25.8. The summed E-state index contributed by atoms with van der Waals surface area (Å²) in [4.78, 5) is 9.50. The summed E-state index contributed by atoms with van der Waals surface area (Å²) < 4.78 is 0. The van der Waals surface area contributed by atoms with Crippen molar-refractivity contribution in [2.75, 3.05) is 9.80 Å². The van der Waals surface area contributed by atoms with Crippen molar-refractivity contribution in [3.05, 3.63) is 146 Å². The third-order valence-corrected chi connectivity index (χ3v) is 7.89. The molecule has 6 aromatic rings. The first-order valence-corrected chi connectivity index (χ1v) is 13.4. The molecule has 0 saturated heterocycles. The maximum absolute atomic E-state index is 4.66. The zero-order valence-electron chi connectivity index (χ0n) is 21.3. The molecule has 0 saturated carbocycles. The van der Waals surface area contributed by atoms with Gasteiger partial charge < -0.3 is 9.80 Å². The third kappa shape index (κ3) is 3.35. The van der Waals surface area contributed by atoms with Gasteiger partial charge in [-0.3, -0.25) is 4.98 Å². The summed E-state index contributed by atoms with van der Waals surface area (Å²) in [7, 11) is 0. The lowest BCUT2D eigenvalue weighted by Gasteiger charge is -2.44. The Morgan fingerprint density at radius 1 is 0.462 bits per heavy atom. The molecule has 0 aliphatic carbocycles. The largest absolute Gasteiger partial charge is 0.311 e. The topological polar surface area (TPSA) is 19.4 Å². The van der Waals surface area contributed by atoms with Crippen LogP contribution in [0.25, 0.3) is 11.3 Å². The average molecular weight is 497 g/mol. The van der Waals surface area contributed by atoms with E-state index in [2.05, 4.69) is 142 Å². The van der Waals surface area contributed by atoms with Gasteiger partial charge in [-0.15, -0.1) is 0 Å². The van der Waals surface area contributed by atoms with Crippen LogP contribution < -0.4 is 26.2 Å². The van der Waals surface area contributed by atoms with Crippen molar-refractivity contribution in [1.82, 2.24) is 4.98 Å². The van der Waals surface area contributed by atoms with E-state index in [1.807, 2.05) is 18.3 Å². The summed E-state index contributed by atoms with van der Waals surface area (Å²) in [5, 5.41) is 0. The van der Waals surface area contributed by atoms with Gasteiger partial charge in [0.05, 0.1) is 5.69 Å². The van der Waals surface area contributed by atoms with E-state index in [9.17, 15) is 0 Å². The molecule has 8 rings (SSSR count). The number of benzene rings is 5. The standard InChI is InChI=1S/C35H24BN3/c1-3-12-26(13-4-1)38-31-18-8-7-16-28(31)36-29-22-21-25(30-17-9-10-23-37-30)24-34(29)39(27-14-5-2-6-15-27)33-20-11-19-32(38)35(33)36/h1-24H. The van der Waals surface area contributed by atoms with Crippen LogP contribution in [0.3, 0.4) is 0 Å². The summed E-state index contributed by atoms with van der Waals surface area (Å²) in [6.45, 7) is 0.125. The highest BCUT2D eigenvalue weighted by molar-refractivity contribution is 7.00. The maximum Gasteiger partial charge on any atom is 0.252 e. The van der Waals surface area contributed by atoms with E-state index in [1.165, 1.54) is 44.8 Å².